The van der Waals surface area contributed by atoms with Crippen LogP contribution in [0.3, 0.4) is 0 Å². The number of rotatable bonds is 6. The fourth-order valence-electron chi connectivity index (χ4n) is 1.82. The summed E-state index contributed by atoms with van der Waals surface area (Å²) in [7, 11) is 1.64. The summed E-state index contributed by atoms with van der Waals surface area (Å²) in [5, 5.41) is 9.66. The summed E-state index contributed by atoms with van der Waals surface area (Å²) in [6.07, 6.45) is -0.108. The second-order valence-corrected chi connectivity index (χ2v) is 5.11. The molecule has 0 aliphatic heterocycles. The van der Waals surface area contributed by atoms with Gasteiger partial charge in [-0.25, -0.2) is 4.79 Å². The largest absolute Gasteiger partial charge is 0.375 e. The zero-order chi connectivity index (χ0) is 14.2. The van der Waals surface area contributed by atoms with Gasteiger partial charge in [0, 0.05) is 20.2 Å². The zero-order valence-corrected chi connectivity index (χ0v) is 12.2. The highest BCUT2D eigenvalue weighted by molar-refractivity contribution is 7.07. The number of carbonyl (C=O) groups excluding carboxylic acids is 1. The van der Waals surface area contributed by atoms with Gasteiger partial charge in [0.1, 0.15) is 6.10 Å². The minimum atomic E-state index is -0.189. The van der Waals surface area contributed by atoms with E-state index in [4.69, 9.17) is 4.74 Å². The molecule has 4 nitrogen and oxygen atoms in total. The van der Waals surface area contributed by atoms with E-state index in [1.54, 1.807) is 18.4 Å². The van der Waals surface area contributed by atoms with Gasteiger partial charge in [0.25, 0.3) is 0 Å². The minimum Gasteiger partial charge on any atom is -0.375 e. The van der Waals surface area contributed by atoms with Gasteiger partial charge in [-0.15, -0.1) is 0 Å². The second-order valence-electron chi connectivity index (χ2n) is 4.33. The van der Waals surface area contributed by atoms with E-state index in [9.17, 15) is 4.79 Å². The number of hydrogen-bond acceptors (Lipinski definition) is 3. The highest BCUT2D eigenvalue weighted by Crippen LogP contribution is 2.18. The first-order valence-corrected chi connectivity index (χ1v) is 7.34. The highest BCUT2D eigenvalue weighted by atomic mass is 32.1. The maximum Gasteiger partial charge on any atom is 0.315 e. The van der Waals surface area contributed by atoms with Crippen molar-refractivity contribution in [3.63, 3.8) is 0 Å². The van der Waals surface area contributed by atoms with E-state index in [0.29, 0.717) is 13.1 Å². The molecule has 0 fully saturated rings. The van der Waals surface area contributed by atoms with Gasteiger partial charge in [0.05, 0.1) is 0 Å². The average Bonchev–Trinajstić information content (AvgIpc) is 3.01. The molecule has 0 saturated carbocycles. The Hall–Kier alpha value is -1.85. The van der Waals surface area contributed by atoms with Crippen LogP contribution >= 0.6 is 11.3 Å². The van der Waals surface area contributed by atoms with Crippen LogP contribution < -0.4 is 10.6 Å². The van der Waals surface area contributed by atoms with Gasteiger partial charge in [0.15, 0.2) is 0 Å². The Kier molecular flexibility index (Phi) is 5.58. The van der Waals surface area contributed by atoms with Crippen molar-refractivity contribution >= 4 is 17.4 Å². The first-order chi connectivity index (χ1) is 9.79. The van der Waals surface area contributed by atoms with Crippen molar-refractivity contribution in [2.24, 2.45) is 0 Å². The SMILES string of the molecule is CO[C@H](CNC(=O)NCc1ccccc1)c1ccsc1. The summed E-state index contributed by atoms with van der Waals surface area (Å²) < 4.78 is 5.37. The Labute approximate surface area is 122 Å². The molecular weight excluding hydrogens is 272 g/mol. The van der Waals surface area contributed by atoms with Crippen LogP contribution in [0.15, 0.2) is 47.2 Å². The molecule has 5 heteroatoms. The fraction of sp³-hybridized carbons (Fsp3) is 0.267. The second kappa shape index (κ2) is 7.67. The lowest BCUT2D eigenvalue weighted by Crippen LogP contribution is -2.37. The molecule has 0 aliphatic rings. The number of carbonyl (C=O) groups is 1. The molecule has 2 aromatic rings. The van der Waals surface area contributed by atoms with Crippen LogP contribution in [-0.2, 0) is 11.3 Å². The van der Waals surface area contributed by atoms with Gasteiger partial charge in [-0.05, 0) is 28.0 Å². The van der Waals surface area contributed by atoms with Crippen molar-refractivity contribution in [2.45, 2.75) is 12.6 Å². The normalized spacial score (nSPS) is 11.8. The number of nitrogens with one attached hydrogen (secondary N) is 2. The number of amides is 2. The Morgan fingerprint density at radius 2 is 2.05 bits per heavy atom. The van der Waals surface area contributed by atoms with Gasteiger partial charge in [-0.3, -0.25) is 0 Å². The summed E-state index contributed by atoms with van der Waals surface area (Å²) in [6.45, 7) is 0.969. The average molecular weight is 290 g/mol. The maximum atomic E-state index is 11.7. The summed E-state index contributed by atoms with van der Waals surface area (Å²) in [4.78, 5) is 11.7. The molecule has 106 valence electrons. The molecule has 0 bridgehead atoms. The predicted octanol–water partition coefficient (Wildman–Crippen LogP) is 2.94. The van der Waals surface area contributed by atoms with E-state index < -0.39 is 0 Å². The Balaban J connectivity index is 1.74. The maximum absolute atomic E-state index is 11.7. The zero-order valence-electron chi connectivity index (χ0n) is 11.3. The Bertz CT molecular complexity index is 514. The number of benzene rings is 1. The minimum absolute atomic E-state index is 0.108. The van der Waals surface area contributed by atoms with E-state index in [-0.39, 0.29) is 12.1 Å². The van der Waals surface area contributed by atoms with Gasteiger partial charge < -0.3 is 15.4 Å². The number of urea groups is 1. The van der Waals surface area contributed by atoms with E-state index in [1.807, 2.05) is 47.2 Å². The third-order valence-electron chi connectivity index (χ3n) is 2.94. The smallest absolute Gasteiger partial charge is 0.315 e. The van der Waals surface area contributed by atoms with Gasteiger partial charge in [-0.1, -0.05) is 30.3 Å². The standard InChI is InChI=1S/C15H18N2O2S/c1-19-14(13-7-8-20-11-13)10-17-15(18)16-9-12-5-3-2-4-6-12/h2-8,11,14H,9-10H2,1H3,(H2,16,17,18)/t14-/m1/s1. The van der Waals surface area contributed by atoms with Crippen molar-refractivity contribution in [1.29, 1.82) is 0 Å². The van der Waals surface area contributed by atoms with Crippen LogP contribution in [0.25, 0.3) is 0 Å². The number of hydrogen-bond donors (Lipinski definition) is 2. The van der Waals surface area contributed by atoms with Crippen molar-refractivity contribution in [1.82, 2.24) is 10.6 Å². The Morgan fingerprint density at radius 1 is 1.25 bits per heavy atom. The molecule has 0 spiro atoms. The van der Waals surface area contributed by atoms with E-state index in [1.165, 1.54) is 0 Å². The summed E-state index contributed by atoms with van der Waals surface area (Å²) >= 11 is 1.62. The Morgan fingerprint density at radius 3 is 2.70 bits per heavy atom. The lowest BCUT2D eigenvalue weighted by Gasteiger charge is -2.15. The monoisotopic (exact) mass is 290 g/mol. The molecule has 1 aromatic heterocycles. The van der Waals surface area contributed by atoms with Crippen molar-refractivity contribution < 1.29 is 9.53 Å². The molecule has 1 heterocycles. The predicted molar refractivity (Wildman–Crippen MR) is 80.7 cm³/mol. The van der Waals surface area contributed by atoms with Crippen molar-refractivity contribution in [2.75, 3.05) is 13.7 Å². The lowest BCUT2D eigenvalue weighted by atomic mass is 10.2. The van der Waals surface area contributed by atoms with E-state index >= 15 is 0 Å². The van der Waals surface area contributed by atoms with Crippen molar-refractivity contribution in [3.05, 3.63) is 58.3 Å². The van der Waals surface area contributed by atoms with Crippen LogP contribution in [0.5, 0.6) is 0 Å². The molecule has 1 aromatic carbocycles. The molecule has 20 heavy (non-hydrogen) atoms. The number of ether oxygens (including phenoxy) is 1. The van der Waals surface area contributed by atoms with E-state index in [0.717, 1.165) is 11.1 Å². The van der Waals surface area contributed by atoms with Crippen LogP contribution in [0.4, 0.5) is 4.79 Å². The fourth-order valence-corrected chi connectivity index (χ4v) is 2.52. The van der Waals surface area contributed by atoms with E-state index in [2.05, 4.69) is 10.6 Å². The molecule has 0 unspecified atom stereocenters. The quantitative estimate of drug-likeness (QED) is 0.859. The van der Waals surface area contributed by atoms with Crippen LogP contribution in [0.1, 0.15) is 17.2 Å². The third-order valence-corrected chi connectivity index (χ3v) is 3.64. The number of methoxy groups -OCH3 is 1. The topological polar surface area (TPSA) is 50.4 Å². The molecule has 0 saturated heterocycles. The highest BCUT2D eigenvalue weighted by Gasteiger charge is 2.12. The summed E-state index contributed by atoms with van der Waals surface area (Å²) in [6, 6.07) is 11.6. The molecular formula is C15H18N2O2S. The van der Waals surface area contributed by atoms with Gasteiger partial charge in [-0.2, -0.15) is 11.3 Å². The van der Waals surface area contributed by atoms with Crippen LogP contribution in [0.2, 0.25) is 0 Å². The number of thiophene rings is 1. The van der Waals surface area contributed by atoms with Gasteiger partial charge in [0.2, 0.25) is 0 Å². The molecule has 0 radical (unpaired) electrons. The third kappa shape index (κ3) is 4.36. The molecule has 1 atom stereocenters. The molecule has 2 amide bonds. The summed E-state index contributed by atoms with van der Waals surface area (Å²) in [5.74, 6) is 0. The van der Waals surface area contributed by atoms with Gasteiger partial charge >= 0.3 is 6.03 Å². The lowest BCUT2D eigenvalue weighted by molar-refractivity contribution is 0.104. The summed E-state index contributed by atoms with van der Waals surface area (Å²) in [5.41, 5.74) is 2.16. The molecule has 0 aliphatic carbocycles. The first-order valence-electron chi connectivity index (χ1n) is 6.40. The van der Waals surface area contributed by atoms with Crippen LogP contribution in [-0.4, -0.2) is 19.7 Å². The first kappa shape index (κ1) is 14.6. The van der Waals surface area contributed by atoms with Crippen molar-refractivity contribution in [3.8, 4) is 0 Å². The molecule has 2 N–H and O–H groups in total. The molecule has 2 rings (SSSR count). The van der Waals surface area contributed by atoms with Crippen LogP contribution in [0, 0.1) is 0 Å².